The molecule has 1 N–H and O–H groups in total. The number of benzene rings is 2. The average molecular weight is 333 g/mol. The summed E-state index contributed by atoms with van der Waals surface area (Å²) in [6, 6.07) is 9.63. The molecule has 1 unspecified atom stereocenters. The lowest BCUT2D eigenvalue weighted by atomic mass is 10.2. The van der Waals surface area contributed by atoms with E-state index in [0.717, 1.165) is 31.6 Å². The fraction of sp³-hybridized carbons (Fsp3) is 0.278. The molecule has 4 nitrogen and oxygen atoms in total. The maximum Gasteiger partial charge on any atom is 0.258 e. The molecule has 0 radical (unpaired) electrons. The summed E-state index contributed by atoms with van der Waals surface area (Å²) in [5, 5.41) is 2.57. The Morgan fingerprint density at radius 1 is 1.25 bits per heavy atom. The number of nitrogens with one attached hydrogen (secondary N) is 1. The molecule has 1 saturated heterocycles. The summed E-state index contributed by atoms with van der Waals surface area (Å²) < 4.78 is 37.7. The zero-order valence-corrected chi connectivity index (χ0v) is 12.9. The van der Waals surface area contributed by atoms with Crippen molar-refractivity contribution in [3.05, 3.63) is 59.7 Å². The van der Waals surface area contributed by atoms with E-state index in [2.05, 4.69) is 5.32 Å². The van der Waals surface area contributed by atoms with Crippen molar-refractivity contribution in [3.63, 3.8) is 0 Å². The smallest absolute Gasteiger partial charge is 0.258 e. The van der Waals surface area contributed by atoms with Crippen LogP contribution in [0, 0.1) is 11.6 Å². The molecule has 24 heavy (non-hydrogen) atoms. The third kappa shape index (κ3) is 4.08. The number of ether oxygens (including phenoxy) is 2. The molecule has 2 aromatic rings. The summed E-state index contributed by atoms with van der Waals surface area (Å²) in [5.41, 5.74) is 0.246. The van der Waals surface area contributed by atoms with Crippen LogP contribution in [0.2, 0.25) is 0 Å². The Kier molecular flexibility index (Phi) is 5.05. The van der Waals surface area contributed by atoms with Crippen LogP contribution < -0.4 is 10.1 Å². The van der Waals surface area contributed by atoms with Crippen molar-refractivity contribution < 1.29 is 23.0 Å². The van der Waals surface area contributed by atoms with Gasteiger partial charge in [-0.25, -0.2) is 8.78 Å². The molecule has 0 aliphatic carbocycles. The van der Waals surface area contributed by atoms with Crippen molar-refractivity contribution in [1.29, 1.82) is 0 Å². The SMILES string of the molecule is O=C(Nc1cccc(OCC2CCCO2)c1)c1ccc(F)cc1F. The number of carbonyl (C=O) groups is 1. The van der Waals surface area contributed by atoms with E-state index in [1.165, 1.54) is 0 Å². The lowest BCUT2D eigenvalue weighted by Crippen LogP contribution is -2.16. The quantitative estimate of drug-likeness (QED) is 0.906. The molecular formula is C18H17F2NO3. The van der Waals surface area contributed by atoms with Crippen molar-refractivity contribution in [3.8, 4) is 5.75 Å². The maximum atomic E-state index is 13.6. The first-order valence-corrected chi connectivity index (χ1v) is 7.73. The molecule has 0 bridgehead atoms. The van der Waals surface area contributed by atoms with E-state index in [1.807, 2.05) is 0 Å². The highest BCUT2D eigenvalue weighted by molar-refractivity contribution is 6.04. The maximum absolute atomic E-state index is 13.6. The van der Waals surface area contributed by atoms with E-state index in [0.29, 0.717) is 24.1 Å². The molecule has 0 aromatic heterocycles. The number of hydrogen-bond donors (Lipinski definition) is 1. The Hall–Kier alpha value is -2.47. The Balaban J connectivity index is 1.64. The van der Waals surface area contributed by atoms with Gasteiger partial charge in [0.15, 0.2) is 0 Å². The molecule has 2 aromatic carbocycles. The first-order valence-electron chi connectivity index (χ1n) is 7.73. The van der Waals surface area contributed by atoms with Gasteiger partial charge in [0.25, 0.3) is 5.91 Å². The van der Waals surface area contributed by atoms with E-state index in [1.54, 1.807) is 24.3 Å². The molecule has 1 amide bonds. The van der Waals surface area contributed by atoms with Crippen LogP contribution in [0.4, 0.5) is 14.5 Å². The predicted octanol–water partition coefficient (Wildman–Crippen LogP) is 3.77. The molecule has 3 rings (SSSR count). The van der Waals surface area contributed by atoms with Crippen LogP contribution >= 0.6 is 0 Å². The predicted molar refractivity (Wildman–Crippen MR) is 85.2 cm³/mol. The Morgan fingerprint density at radius 2 is 2.12 bits per heavy atom. The molecule has 1 aliphatic rings. The number of carbonyl (C=O) groups excluding carboxylic acids is 1. The third-order valence-electron chi connectivity index (χ3n) is 3.73. The van der Waals surface area contributed by atoms with E-state index in [4.69, 9.17) is 9.47 Å². The van der Waals surface area contributed by atoms with Gasteiger partial charge in [0.1, 0.15) is 24.0 Å². The van der Waals surface area contributed by atoms with Crippen LogP contribution in [0.3, 0.4) is 0 Å². The molecule has 1 fully saturated rings. The summed E-state index contributed by atoms with van der Waals surface area (Å²) in [6.45, 7) is 1.21. The zero-order valence-electron chi connectivity index (χ0n) is 12.9. The van der Waals surface area contributed by atoms with Crippen molar-refractivity contribution >= 4 is 11.6 Å². The minimum atomic E-state index is -0.904. The summed E-state index contributed by atoms with van der Waals surface area (Å²) >= 11 is 0. The van der Waals surface area contributed by atoms with Gasteiger partial charge in [-0.1, -0.05) is 6.07 Å². The van der Waals surface area contributed by atoms with Gasteiger partial charge < -0.3 is 14.8 Å². The van der Waals surface area contributed by atoms with Crippen molar-refractivity contribution in [2.45, 2.75) is 18.9 Å². The molecule has 6 heteroatoms. The number of halogens is 2. The van der Waals surface area contributed by atoms with Gasteiger partial charge in [0.05, 0.1) is 11.7 Å². The van der Waals surface area contributed by atoms with Crippen molar-refractivity contribution in [2.75, 3.05) is 18.5 Å². The number of rotatable bonds is 5. The number of hydrogen-bond acceptors (Lipinski definition) is 3. The number of amides is 1. The Labute approximate surface area is 138 Å². The Morgan fingerprint density at radius 3 is 2.88 bits per heavy atom. The lowest BCUT2D eigenvalue weighted by Gasteiger charge is -2.12. The molecule has 1 atom stereocenters. The highest BCUT2D eigenvalue weighted by atomic mass is 19.1. The normalized spacial score (nSPS) is 16.8. The average Bonchev–Trinajstić information content (AvgIpc) is 3.06. The summed E-state index contributed by atoms with van der Waals surface area (Å²) in [4.78, 5) is 12.1. The third-order valence-corrected chi connectivity index (χ3v) is 3.73. The molecule has 0 saturated carbocycles. The summed E-state index contributed by atoms with van der Waals surface area (Å²) in [5.74, 6) is -1.70. The van der Waals surface area contributed by atoms with Gasteiger partial charge in [0.2, 0.25) is 0 Å². The van der Waals surface area contributed by atoms with E-state index in [-0.39, 0.29) is 11.7 Å². The summed E-state index contributed by atoms with van der Waals surface area (Å²) in [7, 11) is 0. The van der Waals surface area contributed by atoms with Crippen molar-refractivity contribution in [2.24, 2.45) is 0 Å². The largest absolute Gasteiger partial charge is 0.491 e. The van der Waals surface area contributed by atoms with Crippen LogP contribution in [-0.4, -0.2) is 25.2 Å². The van der Waals surface area contributed by atoms with Gasteiger partial charge in [0, 0.05) is 24.4 Å². The Bertz CT molecular complexity index is 730. The van der Waals surface area contributed by atoms with Crippen LogP contribution in [0.15, 0.2) is 42.5 Å². The van der Waals surface area contributed by atoms with Crippen LogP contribution in [0.25, 0.3) is 0 Å². The topological polar surface area (TPSA) is 47.6 Å². The van der Waals surface area contributed by atoms with Gasteiger partial charge in [-0.3, -0.25) is 4.79 Å². The second-order valence-corrected chi connectivity index (χ2v) is 5.55. The van der Waals surface area contributed by atoms with Gasteiger partial charge >= 0.3 is 0 Å². The fourth-order valence-electron chi connectivity index (χ4n) is 2.50. The first kappa shape index (κ1) is 16.4. The van der Waals surface area contributed by atoms with Gasteiger partial charge in [-0.2, -0.15) is 0 Å². The molecular weight excluding hydrogens is 316 g/mol. The van der Waals surface area contributed by atoms with Gasteiger partial charge in [-0.15, -0.1) is 0 Å². The van der Waals surface area contributed by atoms with Crippen LogP contribution in [0.5, 0.6) is 5.75 Å². The molecule has 1 aliphatic heterocycles. The number of anilines is 1. The molecule has 126 valence electrons. The monoisotopic (exact) mass is 333 g/mol. The molecule has 0 spiro atoms. The van der Waals surface area contributed by atoms with E-state index < -0.39 is 17.5 Å². The van der Waals surface area contributed by atoms with E-state index in [9.17, 15) is 13.6 Å². The van der Waals surface area contributed by atoms with Crippen LogP contribution in [0.1, 0.15) is 23.2 Å². The lowest BCUT2D eigenvalue weighted by molar-refractivity contribution is 0.0680. The minimum Gasteiger partial charge on any atom is -0.491 e. The second-order valence-electron chi connectivity index (χ2n) is 5.55. The standard InChI is InChI=1S/C18H17F2NO3/c19-12-6-7-16(17(20)9-12)18(22)21-13-3-1-4-14(10-13)24-11-15-5-2-8-23-15/h1,3-4,6-7,9-10,15H,2,5,8,11H2,(H,21,22). The van der Waals surface area contributed by atoms with E-state index >= 15 is 0 Å². The van der Waals surface area contributed by atoms with Crippen LogP contribution in [-0.2, 0) is 4.74 Å². The summed E-state index contributed by atoms with van der Waals surface area (Å²) in [6.07, 6.45) is 2.10. The van der Waals surface area contributed by atoms with Gasteiger partial charge in [-0.05, 0) is 37.1 Å². The minimum absolute atomic E-state index is 0.0940. The first-order chi connectivity index (χ1) is 11.6. The highest BCUT2D eigenvalue weighted by Gasteiger charge is 2.16. The highest BCUT2D eigenvalue weighted by Crippen LogP contribution is 2.21. The molecule has 1 heterocycles. The van der Waals surface area contributed by atoms with Crippen molar-refractivity contribution in [1.82, 2.24) is 0 Å². The zero-order chi connectivity index (χ0) is 16.9. The second kappa shape index (κ2) is 7.40. The fourth-order valence-corrected chi connectivity index (χ4v) is 2.50.